The molecule has 0 bridgehead atoms. The van der Waals surface area contributed by atoms with Gasteiger partial charge >= 0.3 is 0 Å². The Bertz CT molecular complexity index is 675. The van der Waals surface area contributed by atoms with Crippen LogP contribution in [-0.2, 0) is 0 Å². The van der Waals surface area contributed by atoms with Crippen molar-refractivity contribution < 1.29 is 9.18 Å². The highest BCUT2D eigenvalue weighted by Crippen LogP contribution is 2.27. The van der Waals surface area contributed by atoms with Crippen molar-refractivity contribution in [1.82, 2.24) is 0 Å². The van der Waals surface area contributed by atoms with Crippen molar-refractivity contribution in [2.45, 2.75) is 6.92 Å². The summed E-state index contributed by atoms with van der Waals surface area (Å²) < 4.78 is 14.4. The number of nitrogens with zero attached hydrogens (tertiary/aromatic N) is 1. The Morgan fingerprint density at radius 1 is 1.30 bits per heavy atom. The number of carbonyl (C=O) groups excluding carboxylic acids is 1. The molecule has 0 atom stereocenters. The molecule has 2 aromatic rings. The Kier molecular flexibility index (Phi) is 4.45. The lowest BCUT2D eigenvalue weighted by molar-refractivity contribution is 0.0989. The molecule has 0 unspecified atom stereocenters. The van der Waals surface area contributed by atoms with Crippen molar-refractivity contribution in [1.29, 1.82) is 0 Å². The summed E-state index contributed by atoms with van der Waals surface area (Å²) in [6.45, 7) is 1.90. The van der Waals surface area contributed by atoms with E-state index in [1.54, 1.807) is 7.05 Å². The standard InChI is InChI=1S/C15H12BrClFNO/c1-9-5-3-4-6-14(9)19(2)15(20)10-7-11(16)12(17)8-13(10)18/h3-8H,1-2H3. The average Bonchev–Trinajstić information content (AvgIpc) is 2.42. The number of para-hydroxylation sites is 1. The van der Waals surface area contributed by atoms with Gasteiger partial charge in [0.15, 0.2) is 0 Å². The Hall–Kier alpha value is -1.39. The van der Waals surface area contributed by atoms with Crippen LogP contribution in [0.3, 0.4) is 0 Å². The summed E-state index contributed by atoms with van der Waals surface area (Å²) in [5.41, 5.74) is 1.66. The fourth-order valence-corrected chi connectivity index (χ4v) is 2.41. The highest BCUT2D eigenvalue weighted by Gasteiger charge is 2.20. The molecule has 0 aliphatic rings. The predicted molar refractivity (Wildman–Crippen MR) is 83.0 cm³/mol. The zero-order valence-electron chi connectivity index (χ0n) is 11.0. The van der Waals surface area contributed by atoms with E-state index < -0.39 is 11.7 Å². The molecule has 104 valence electrons. The summed E-state index contributed by atoms with van der Waals surface area (Å²) in [6.07, 6.45) is 0. The molecule has 20 heavy (non-hydrogen) atoms. The third-order valence-corrected chi connectivity index (χ3v) is 4.22. The second kappa shape index (κ2) is 5.94. The Morgan fingerprint density at radius 2 is 1.95 bits per heavy atom. The minimum absolute atomic E-state index is 0.0213. The molecule has 2 nitrogen and oxygen atoms in total. The van der Waals surface area contributed by atoms with Crippen LogP contribution in [0.15, 0.2) is 40.9 Å². The third kappa shape index (κ3) is 2.86. The first-order valence-electron chi connectivity index (χ1n) is 5.90. The van der Waals surface area contributed by atoms with Crippen LogP contribution in [0.5, 0.6) is 0 Å². The van der Waals surface area contributed by atoms with E-state index in [-0.39, 0.29) is 10.6 Å². The molecule has 0 fully saturated rings. The first-order valence-corrected chi connectivity index (χ1v) is 7.07. The molecule has 0 N–H and O–H groups in total. The number of aryl methyl sites for hydroxylation is 1. The van der Waals surface area contributed by atoms with Crippen molar-refractivity contribution in [3.05, 3.63) is 62.8 Å². The number of hydrogen-bond acceptors (Lipinski definition) is 1. The monoisotopic (exact) mass is 355 g/mol. The molecule has 0 radical (unpaired) electrons. The van der Waals surface area contributed by atoms with E-state index in [0.29, 0.717) is 4.47 Å². The van der Waals surface area contributed by atoms with Gasteiger partial charge in [-0.15, -0.1) is 0 Å². The largest absolute Gasteiger partial charge is 0.311 e. The Labute approximate surface area is 130 Å². The van der Waals surface area contributed by atoms with Crippen molar-refractivity contribution in [3.8, 4) is 0 Å². The summed E-state index contributed by atoms with van der Waals surface area (Å²) in [5, 5.41) is 0.234. The maximum atomic E-state index is 13.9. The zero-order chi connectivity index (χ0) is 14.9. The lowest BCUT2D eigenvalue weighted by Gasteiger charge is -2.20. The fraction of sp³-hybridized carbons (Fsp3) is 0.133. The van der Waals surface area contributed by atoms with E-state index in [1.807, 2.05) is 31.2 Å². The minimum Gasteiger partial charge on any atom is -0.311 e. The average molecular weight is 357 g/mol. The number of carbonyl (C=O) groups is 1. The molecule has 0 aromatic heterocycles. The van der Waals surface area contributed by atoms with Crippen LogP contribution in [0.1, 0.15) is 15.9 Å². The second-order valence-corrected chi connectivity index (χ2v) is 5.66. The molecule has 5 heteroatoms. The third-order valence-electron chi connectivity index (χ3n) is 3.02. The molecule has 0 saturated heterocycles. The summed E-state index contributed by atoms with van der Waals surface area (Å²) in [5.74, 6) is -1.06. The summed E-state index contributed by atoms with van der Waals surface area (Å²) in [6, 6.07) is 9.96. The summed E-state index contributed by atoms with van der Waals surface area (Å²) in [4.78, 5) is 13.8. The highest BCUT2D eigenvalue weighted by atomic mass is 79.9. The van der Waals surface area contributed by atoms with Gasteiger partial charge in [-0.25, -0.2) is 4.39 Å². The Morgan fingerprint density at radius 3 is 2.60 bits per heavy atom. The summed E-state index contributed by atoms with van der Waals surface area (Å²) in [7, 11) is 1.62. The number of amides is 1. The van der Waals surface area contributed by atoms with Gasteiger partial charge in [0.2, 0.25) is 0 Å². The van der Waals surface area contributed by atoms with Gasteiger partial charge in [0.25, 0.3) is 5.91 Å². The molecule has 2 aromatic carbocycles. The van der Waals surface area contributed by atoms with Crippen molar-refractivity contribution >= 4 is 39.1 Å². The SMILES string of the molecule is Cc1ccccc1N(C)C(=O)c1cc(Br)c(Cl)cc1F. The zero-order valence-corrected chi connectivity index (χ0v) is 13.3. The van der Waals surface area contributed by atoms with Crippen LogP contribution in [0.4, 0.5) is 10.1 Å². The minimum atomic E-state index is -0.636. The van der Waals surface area contributed by atoms with Crippen LogP contribution in [0.2, 0.25) is 5.02 Å². The molecule has 0 heterocycles. The first kappa shape index (κ1) is 15.0. The van der Waals surface area contributed by atoms with E-state index in [0.717, 1.165) is 17.3 Å². The van der Waals surface area contributed by atoms with E-state index in [2.05, 4.69) is 15.9 Å². The second-order valence-electron chi connectivity index (χ2n) is 4.40. The van der Waals surface area contributed by atoms with Crippen molar-refractivity contribution in [2.75, 3.05) is 11.9 Å². The molecule has 0 aliphatic heterocycles. The van der Waals surface area contributed by atoms with Crippen LogP contribution >= 0.6 is 27.5 Å². The fourth-order valence-electron chi connectivity index (χ4n) is 1.92. The maximum Gasteiger partial charge on any atom is 0.261 e. The van der Waals surface area contributed by atoms with E-state index in [1.165, 1.54) is 11.0 Å². The first-order chi connectivity index (χ1) is 9.41. The lowest BCUT2D eigenvalue weighted by atomic mass is 10.1. The molecule has 0 spiro atoms. The number of benzene rings is 2. The Balaban J connectivity index is 2.42. The topological polar surface area (TPSA) is 20.3 Å². The van der Waals surface area contributed by atoms with Gasteiger partial charge in [-0.2, -0.15) is 0 Å². The lowest BCUT2D eigenvalue weighted by Crippen LogP contribution is -2.27. The maximum absolute atomic E-state index is 13.9. The predicted octanol–water partition coefficient (Wildman–Crippen LogP) is 4.83. The van der Waals surface area contributed by atoms with Crippen molar-refractivity contribution in [2.24, 2.45) is 0 Å². The molecule has 0 saturated carbocycles. The quantitative estimate of drug-likeness (QED) is 0.706. The van der Waals surface area contributed by atoms with Gasteiger partial charge in [0, 0.05) is 17.2 Å². The molecule has 1 amide bonds. The molecule has 2 rings (SSSR count). The van der Waals surface area contributed by atoms with Gasteiger partial charge < -0.3 is 4.90 Å². The van der Waals surface area contributed by atoms with Crippen LogP contribution in [-0.4, -0.2) is 13.0 Å². The number of anilines is 1. The van der Waals surface area contributed by atoms with Gasteiger partial charge in [-0.1, -0.05) is 29.8 Å². The van der Waals surface area contributed by atoms with Crippen LogP contribution in [0, 0.1) is 12.7 Å². The normalized spacial score (nSPS) is 10.4. The van der Waals surface area contributed by atoms with E-state index in [9.17, 15) is 9.18 Å². The van der Waals surface area contributed by atoms with Gasteiger partial charge in [-0.3, -0.25) is 4.79 Å². The number of rotatable bonds is 2. The van der Waals surface area contributed by atoms with E-state index >= 15 is 0 Å². The van der Waals surface area contributed by atoms with Crippen LogP contribution in [0.25, 0.3) is 0 Å². The van der Waals surface area contributed by atoms with Gasteiger partial charge in [0.1, 0.15) is 5.82 Å². The molecular weight excluding hydrogens is 345 g/mol. The smallest absolute Gasteiger partial charge is 0.261 e. The highest BCUT2D eigenvalue weighted by molar-refractivity contribution is 9.10. The van der Waals surface area contributed by atoms with Gasteiger partial charge in [0.05, 0.1) is 10.6 Å². The van der Waals surface area contributed by atoms with Crippen LogP contribution < -0.4 is 4.90 Å². The van der Waals surface area contributed by atoms with E-state index in [4.69, 9.17) is 11.6 Å². The number of halogens is 3. The molecular formula is C15H12BrClFNO. The summed E-state index contributed by atoms with van der Waals surface area (Å²) >= 11 is 9.00. The van der Waals surface area contributed by atoms with Gasteiger partial charge in [-0.05, 0) is 46.6 Å². The van der Waals surface area contributed by atoms with Crippen molar-refractivity contribution in [3.63, 3.8) is 0 Å². The molecule has 0 aliphatic carbocycles. The number of hydrogen-bond donors (Lipinski definition) is 0.